The second-order valence-corrected chi connectivity index (χ2v) is 10.7. The van der Waals surface area contributed by atoms with Crippen LogP contribution in [-0.2, 0) is 11.0 Å². The van der Waals surface area contributed by atoms with E-state index in [1.807, 2.05) is 39.1 Å². The molecule has 1 unspecified atom stereocenters. The molecule has 1 saturated heterocycles. The number of hydrogen-bond donors (Lipinski definition) is 3. The summed E-state index contributed by atoms with van der Waals surface area (Å²) in [6, 6.07) is 8.89. The van der Waals surface area contributed by atoms with Gasteiger partial charge in [-0.2, -0.15) is 0 Å². The number of rotatable bonds is 8. The fraction of sp³-hybridized carbons (Fsp3) is 0.423. The van der Waals surface area contributed by atoms with Gasteiger partial charge in [-0.25, -0.2) is 14.3 Å². The van der Waals surface area contributed by atoms with Crippen molar-refractivity contribution in [1.29, 1.82) is 0 Å². The third-order valence-electron chi connectivity index (χ3n) is 5.64. The van der Waals surface area contributed by atoms with Crippen LogP contribution in [0.5, 0.6) is 5.75 Å². The number of pyridine rings is 1. The molecule has 1 fully saturated rings. The predicted octanol–water partition coefficient (Wildman–Crippen LogP) is 4.57. The van der Waals surface area contributed by atoms with Gasteiger partial charge in [-0.15, -0.1) is 11.3 Å². The Kier molecular flexibility index (Phi) is 10.6. The standard InChI is InChI=1S/C24H30N6O3S2.C2H6/c1-15(2)33-22-7-5-18(35(25)32)12-20(22)28-24-29-21(14-34-24)16-4-6-19(26-13-16)23(31)27-17-8-10-30(3)11-9-17;1-2/h4-7,12-15,17H,8-11,25H2,1-3H3,(H,27,31)(H,28,29);1-2H3. The maximum atomic E-state index is 12.6. The first kappa shape index (κ1) is 28.7. The van der Waals surface area contributed by atoms with E-state index >= 15 is 0 Å². The minimum absolute atomic E-state index is 0.0297. The Hall–Kier alpha value is -2.86. The van der Waals surface area contributed by atoms with Crippen molar-refractivity contribution in [1.82, 2.24) is 20.2 Å². The van der Waals surface area contributed by atoms with E-state index in [4.69, 9.17) is 9.88 Å². The Morgan fingerprint density at radius 1 is 1.22 bits per heavy atom. The molecule has 1 aliphatic heterocycles. The first-order chi connectivity index (χ1) is 17.8. The Bertz CT molecular complexity index is 1190. The minimum Gasteiger partial charge on any atom is -0.489 e. The minimum atomic E-state index is -1.61. The summed E-state index contributed by atoms with van der Waals surface area (Å²) < 4.78 is 17.6. The topological polar surface area (TPSA) is 122 Å². The molecule has 4 N–H and O–H groups in total. The van der Waals surface area contributed by atoms with Crippen LogP contribution in [0.3, 0.4) is 0 Å². The van der Waals surface area contributed by atoms with Crippen LogP contribution in [0.15, 0.2) is 46.8 Å². The van der Waals surface area contributed by atoms with Crippen molar-refractivity contribution in [2.45, 2.75) is 57.6 Å². The van der Waals surface area contributed by atoms with Crippen molar-refractivity contribution in [2.75, 3.05) is 25.5 Å². The lowest BCUT2D eigenvalue weighted by Crippen LogP contribution is -2.43. The maximum Gasteiger partial charge on any atom is 0.270 e. The fourth-order valence-electron chi connectivity index (χ4n) is 3.76. The lowest BCUT2D eigenvalue weighted by Gasteiger charge is -2.29. The Morgan fingerprint density at radius 2 is 1.95 bits per heavy atom. The molecule has 4 rings (SSSR count). The van der Waals surface area contributed by atoms with Gasteiger partial charge in [0.25, 0.3) is 5.91 Å². The van der Waals surface area contributed by atoms with E-state index in [0.29, 0.717) is 27.2 Å². The number of aromatic nitrogens is 2. The molecule has 1 atom stereocenters. The highest BCUT2D eigenvalue weighted by molar-refractivity contribution is 7.82. The van der Waals surface area contributed by atoms with Crippen molar-refractivity contribution in [3.8, 4) is 17.0 Å². The van der Waals surface area contributed by atoms with Gasteiger partial charge in [0.1, 0.15) is 22.4 Å². The van der Waals surface area contributed by atoms with E-state index in [-0.39, 0.29) is 18.1 Å². The summed E-state index contributed by atoms with van der Waals surface area (Å²) in [5.74, 6) is 0.467. The molecule has 11 heteroatoms. The molecule has 0 radical (unpaired) electrons. The van der Waals surface area contributed by atoms with Gasteiger partial charge >= 0.3 is 0 Å². The molecule has 1 aromatic carbocycles. The summed E-state index contributed by atoms with van der Waals surface area (Å²) in [7, 11) is 0.484. The van der Waals surface area contributed by atoms with Gasteiger partial charge in [-0.1, -0.05) is 13.8 Å². The van der Waals surface area contributed by atoms with E-state index < -0.39 is 11.0 Å². The Labute approximate surface area is 225 Å². The molecule has 37 heavy (non-hydrogen) atoms. The lowest BCUT2D eigenvalue weighted by atomic mass is 10.1. The third kappa shape index (κ3) is 8.06. The molecule has 1 aliphatic rings. The summed E-state index contributed by atoms with van der Waals surface area (Å²) in [6.07, 6.45) is 3.53. The average molecular weight is 545 g/mol. The molecule has 0 spiro atoms. The van der Waals surface area contributed by atoms with Crippen LogP contribution in [0.1, 0.15) is 51.0 Å². The van der Waals surface area contributed by atoms with Gasteiger partial charge in [0.05, 0.1) is 22.4 Å². The molecule has 200 valence electrons. The number of hydrogen-bond acceptors (Lipinski definition) is 8. The van der Waals surface area contributed by atoms with Crippen molar-refractivity contribution >= 4 is 39.0 Å². The lowest BCUT2D eigenvalue weighted by molar-refractivity contribution is 0.0912. The zero-order valence-electron chi connectivity index (χ0n) is 22.0. The molecule has 3 aromatic rings. The van der Waals surface area contributed by atoms with Crippen LogP contribution in [0.25, 0.3) is 11.3 Å². The Balaban J connectivity index is 0.00000186. The fourth-order valence-corrected chi connectivity index (χ4v) is 4.93. The summed E-state index contributed by atoms with van der Waals surface area (Å²) >= 11 is 1.42. The van der Waals surface area contributed by atoms with E-state index in [1.165, 1.54) is 11.3 Å². The van der Waals surface area contributed by atoms with Crippen LogP contribution in [0.4, 0.5) is 10.8 Å². The number of amides is 1. The van der Waals surface area contributed by atoms with Gasteiger partial charge in [-0.3, -0.25) is 9.78 Å². The number of anilines is 2. The summed E-state index contributed by atoms with van der Waals surface area (Å²) in [4.78, 5) is 24.3. The molecule has 1 amide bonds. The second kappa shape index (κ2) is 13.6. The summed E-state index contributed by atoms with van der Waals surface area (Å²) in [6.45, 7) is 9.84. The number of thiazole rings is 1. The number of nitrogens with one attached hydrogen (secondary N) is 2. The zero-order chi connectivity index (χ0) is 26.9. The summed E-state index contributed by atoms with van der Waals surface area (Å²) in [5, 5.41) is 14.4. The van der Waals surface area contributed by atoms with E-state index in [9.17, 15) is 9.00 Å². The second-order valence-electron chi connectivity index (χ2n) is 8.77. The largest absolute Gasteiger partial charge is 0.489 e. The number of carbonyl (C=O) groups is 1. The molecule has 0 saturated carbocycles. The van der Waals surface area contributed by atoms with E-state index in [0.717, 1.165) is 37.2 Å². The number of carbonyl (C=O) groups excluding carboxylic acids is 1. The van der Waals surface area contributed by atoms with Gasteiger partial charge in [0.15, 0.2) is 5.13 Å². The van der Waals surface area contributed by atoms with Gasteiger partial charge < -0.3 is 20.3 Å². The molecular weight excluding hydrogens is 508 g/mol. The predicted molar refractivity (Wildman–Crippen MR) is 151 cm³/mol. The number of likely N-dealkylation sites (tertiary alicyclic amines) is 1. The number of piperidine rings is 1. The highest BCUT2D eigenvalue weighted by Gasteiger charge is 2.20. The van der Waals surface area contributed by atoms with Gasteiger partial charge in [0, 0.05) is 23.2 Å². The van der Waals surface area contributed by atoms with Crippen LogP contribution in [0.2, 0.25) is 0 Å². The first-order valence-electron chi connectivity index (χ1n) is 12.4. The molecule has 9 nitrogen and oxygen atoms in total. The highest BCUT2D eigenvalue weighted by Crippen LogP contribution is 2.33. The van der Waals surface area contributed by atoms with Gasteiger partial charge in [-0.05, 0) is 77.2 Å². The average Bonchev–Trinajstić information content (AvgIpc) is 3.36. The molecular formula is C26H36N6O3S2. The quantitative estimate of drug-likeness (QED) is 0.380. The number of ether oxygens (including phenoxy) is 1. The van der Waals surface area contributed by atoms with Crippen LogP contribution in [0, 0.1) is 0 Å². The van der Waals surface area contributed by atoms with E-state index in [2.05, 4.69) is 32.5 Å². The van der Waals surface area contributed by atoms with Gasteiger partial charge in [0.2, 0.25) is 0 Å². The summed E-state index contributed by atoms with van der Waals surface area (Å²) in [5.41, 5.74) is 2.57. The molecule has 3 heterocycles. The van der Waals surface area contributed by atoms with Crippen LogP contribution in [-0.4, -0.2) is 57.3 Å². The van der Waals surface area contributed by atoms with Crippen LogP contribution >= 0.6 is 11.3 Å². The normalized spacial score (nSPS) is 15.0. The number of nitrogens with zero attached hydrogens (tertiary/aromatic N) is 3. The van der Waals surface area contributed by atoms with Crippen molar-refractivity contribution in [3.05, 3.63) is 47.6 Å². The third-order valence-corrected chi connectivity index (χ3v) is 7.11. The zero-order valence-corrected chi connectivity index (χ0v) is 23.6. The van der Waals surface area contributed by atoms with Crippen molar-refractivity contribution in [3.63, 3.8) is 0 Å². The number of nitrogens with two attached hydrogens (primary N) is 1. The van der Waals surface area contributed by atoms with E-state index in [1.54, 1.807) is 30.5 Å². The first-order valence-corrected chi connectivity index (χ1v) is 14.5. The van der Waals surface area contributed by atoms with Crippen molar-refractivity contribution in [2.24, 2.45) is 5.14 Å². The monoisotopic (exact) mass is 544 g/mol. The SMILES string of the molecule is CC.CC(C)Oc1ccc(S(N)=O)cc1Nc1nc(-c2ccc(C(=O)NC3CCN(C)CC3)nc2)cs1. The Morgan fingerprint density at radius 3 is 2.57 bits per heavy atom. The molecule has 0 aliphatic carbocycles. The molecule has 2 aromatic heterocycles. The smallest absolute Gasteiger partial charge is 0.270 e. The maximum absolute atomic E-state index is 12.6. The number of benzene rings is 1. The molecule has 0 bridgehead atoms. The van der Waals surface area contributed by atoms with Crippen LogP contribution < -0.4 is 20.5 Å². The highest BCUT2D eigenvalue weighted by atomic mass is 32.2. The van der Waals surface area contributed by atoms with Crippen molar-refractivity contribution < 1.29 is 13.7 Å².